The molecule has 1 amide bonds. The molecule has 100 valence electrons. The van der Waals surface area contributed by atoms with Gasteiger partial charge in [0.25, 0.3) is 0 Å². The van der Waals surface area contributed by atoms with Gasteiger partial charge in [0.15, 0.2) is 0 Å². The normalized spacial score (nSPS) is 12.4. The van der Waals surface area contributed by atoms with Gasteiger partial charge < -0.3 is 11.1 Å². The van der Waals surface area contributed by atoms with Gasteiger partial charge in [0.2, 0.25) is 5.91 Å². The van der Waals surface area contributed by atoms with Gasteiger partial charge in [-0.05, 0) is 24.6 Å². The number of amides is 1. The summed E-state index contributed by atoms with van der Waals surface area (Å²) in [5.74, 6) is -0.212. The Morgan fingerprint density at radius 3 is 3.05 bits per heavy atom. The number of aromatic nitrogens is 1. The third-order valence-corrected chi connectivity index (χ3v) is 3.08. The summed E-state index contributed by atoms with van der Waals surface area (Å²) in [5.41, 5.74) is 7.10. The van der Waals surface area contributed by atoms with E-state index in [2.05, 4.69) is 10.3 Å². The number of nitrogens with two attached hydrogens (primary N) is 1. The first kappa shape index (κ1) is 13.8. The van der Waals surface area contributed by atoms with Crippen LogP contribution in [0.5, 0.6) is 0 Å². The summed E-state index contributed by atoms with van der Waals surface area (Å²) < 4.78 is 0. The van der Waals surface area contributed by atoms with Crippen LogP contribution in [0.2, 0.25) is 5.02 Å². The fourth-order valence-electron chi connectivity index (χ4n) is 1.92. The second kappa shape index (κ2) is 5.99. The second-order valence-electron chi connectivity index (χ2n) is 4.41. The fraction of sp³-hybridized carbons (Fsp3) is 0.286. The van der Waals surface area contributed by atoms with Gasteiger partial charge in [0.1, 0.15) is 0 Å². The van der Waals surface area contributed by atoms with Crippen LogP contribution in [0, 0.1) is 0 Å². The highest BCUT2D eigenvalue weighted by molar-refractivity contribution is 6.32. The molecule has 3 N–H and O–H groups in total. The van der Waals surface area contributed by atoms with Gasteiger partial charge in [-0.3, -0.25) is 9.78 Å². The Kier molecular flexibility index (Phi) is 4.35. The lowest BCUT2D eigenvalue weighted by Crippen LogP contribution is -2.35. The van der Waals surface area contributed by atoms with Crippen LogP contribution in [0.25, 0.3) is 10.9 Å². The molecule has 0 spiro atoms. The Balaban J connectivity index is 2.32. The second-order valence-corrected chi connectivity index (χ2v) is 4.85. The molecule has 0 bridgehead atoms. The number of benzene rings is 1. The first-order valence-electron chi connectivity index (χ1n) is 6.22. The van der Waals surface area contributed by atoms with E-state index in [4.69, 9.17) is 17.3 Å². The predicted molar refractivity (Wildman–Crippen MR) is 78.3 cm³/mol. The number of nitrogens with zero attached hydrogens (tertiary/aromatic N) is 1. The van der Waals surface area contributed by atoms with Crippen LogP contribution in [-0.2, 0) is 4.79 Å². The number of pyridine rings is 1. The molecule has 0 fully saturated rings. The molecule has 2 rings (SSSR count). The van der Waals surface area contributed by atoms with E-state index in [0.717, 1.165) is 11.8 Å². The maximum absolute atomic E-state index is 12.0. The molecule has 0 aliphatic rings. The molecular weight excluding hydrogens is 262 g/mol. The number of carbonyl (C=O) groups is 1. The minimum Gasteiger partial charge on any atom is -0.323 e. The SMILES string of the molecule is CCCC(N)C(=O)Nc1cc(Cl)cc2cccnc12. The molecule has 0 saturated heterocycles. The van der Waals surface area contributed by atoms with E-state index in [1.165, 1.54) is 0 Å². The van der Waals surface area contributed by atoms with Crippen LogP contribution in [0.15, 0.2) is 30.5 Å². The quantitative estimate of drug-likeness (QED) is 0.903. The molecule has 4 nitrogen and oxygen atoms in total. The minimum absolute atomic E-state index is 0.212. The molecule has 0 saturated carbocycles. The molecule has 1 atom stereocenters. The highest BCUT2D eigenvalue weighted by Gasteiger charge is 2.14. The van der Waals surface area contributed by atoms with Crippen molar-refractivity contribution >= 4 is 34.1 Å². The minimum atomic E-state index is -0.511. The van der Waals surface area contributed by atoms with E-state index in [1.807, 2.05) is 25.1 Å². The van der Waals surface area contributed by atoms with Crippen LogP contribution in [-0.4, -0.2) is 16.9 Å². The number of hydrogen-bond acceptors (Lipinski definition) is 3. The zero-order valence-corrected chi connectivity index (χ0v) is 11.4. The highest BCUT2D eigenvalue weighted by Crippen LogP contribution is 2.26. The van der Waals surface area contributed by atoms with Gasteiger partial charge in [-0.2, -0.15) is 0 Å². The van der Waals surface area contributed by atoms with Crippen molar-refractivity contribution in [3.63, 3.8) is 0 Å². The van der Waals surface area contributed by atoms with Gasteiger partial charge in [-0.1, -0.05) is 31.0 Å². The van der Waals surface area contributed by atoms with E-state index in [0.29, 0.717) is 22.6 Å². The van der Waals surface area contributed by atoms with Crippen molar-refractivity contribution in [1.29, 1.82) is 0 Å². The Morgan fingerprint density at radius 2 is 2.32 bits per heavy atom. The fourth-order valence-corrected chi connectivity index (χ4v) is 2.15. The van der Waals surface area contributed by atoms with Crippen LogP contribution in [0.1, 0.15) is 19.8 Å². The van der Waals surface area contributed by atoms with E-state index in [1.54, 1.807) is 12.3 Å². The molecular formula is C14H16ClN3O. The molecule has 0 aliphatic carbocycles. The number of hydrogen-bond donors (Lipinski definition) is 2. The number of carbonyl (C=O) groups excluding carboxylic acids is 1. The van der Waals surface area contributed by atoms with Crippen LogP contribution < -0.4 is 11.1 Å². The van der Waals surface area contributed by atoms with Gasteiger partial charge >= 0.3 is 0 Å². The molecule has 1 aromatic carbocycles. The third-order valence-electron chi connectivity index (χ3n) is 2.86. The summed E-state index contributed by atoms with van der Waals surface area (Å²) in [5, 5.41) is 4.24. The summed E-state index contributed by atoms with van der Waals surface area (Å²) in [6, 6.07) is 6.71. The third kappa shape index (κ3) is 3.22. The summed E-state index contributed by atoms with van der Waals surface area (Å²) in [7, 11) is 0. The molecule has 1 unspecified atom stereocenters. The number of fused-ring (bicyclic) bond motifs is 1. The average molecular weight is 278 g/mol. The summed E-state index contributed by atoms with van der Waals surface area (Å²) in [6.07, 6.45) is 3.19. The average Bonchev–Trinajstić information content (AvgIpc) is 2.38. The number of rotatable bonds is 4. The van der Waals surface area contributed by atoms with E-state index < -0.39 is 6.04 Å². The Hall–Kier alpha value is -1.65. The lowest BCUT2D eigenvalue weighted by Gasteiger charge is -2.13. The zero-order chi connectivity index (χ0) is 13.8. The van der Waals surface area contributed by atoms with Crippen molar-refractivity contribution in [2.45, 2.75) is 25.8 Å². The predicted octanol–water partition coefficient (Wildman–Crippen LogP) is 2.95. The van der Waals surface area contributed by atoms with Gasteiger partial charge in [0, 0.05) is 16.6 Å². The van der Waals surface area contributed by atoms with E-state index in [9.17, 15) is 4.79 Å². The largest absolute Gasteiger partial charge is 0.323 e. The monoisotopic (exact) mass is 277 g/mol. The van der Waals surface area contributed by atoms with Crippen molar-refractivity contribution in [3.05, 3.63) is 35.5 Å². The molecule has 19 heavy (non-hydrogen) atoms. The highest BCUT2D eigenvalue weighted by atomic mass is 35.5. The summed E-state index contributed by atoms with van der Waals surface area (Å²) >= 11 is 6.04. The van der Waals surface area contributed by atoms with Crippen molar-refractivity contribution in [3.8, 4) is 0 Å². The smallest absolute Gasteiger partial charge is 0.241 e. The van der Waals surface area contributed by atoms with Gasteiger partial charge in [-0.15, -0.1) is 0 Å². The van der Waals surface area contributed by atoms with Crippen molar-refractivity contribution in [2.24, 2.45) is 5.73 Å². The molecule has 1 heterocycles. The lowest BCUT2D eigenvalue weighted by molar-refractivity contribution is -0.117. The molecule has 2 aromatic rings. The van der Waals surface area contributed by atoms with E-state index in [-0.39, 0.29) is 5.91 Å². The lowest BCUT2D eigenvalue weighted by atomic mass is 10.1. The van der Waals surface area contributed by atoms with Crippen LogP contribution >= 0.6 is 11.6 Å². The van der Waals surface area contributed by atoms with Crippen LogP contribution in [0.4, 0.5) is 5.69 Å². The molecule has 1 aromatic heterocycles. The maximum Gasteiger partial charge on any atom is 0.241 e. The number of anilines is 1. The Bertz CT molecular complexity index is 600. The Morgan fingerprint density at radius 1 is 1.53 bits per heavy atom. The van der Waals surface area contributed by atoms with Gasteiger partial charge in [-0.25, -0.2) is 0 Å². The first-order valence-corrected chi connectivity index (χ1v) is 6.60. The zero-order valence-electron chi connectivity index (χ0n) is 10.7. The summed E-state index contributed by atoms with van der Waals surface area (Å²) in [6.45, 7) is 1.99. The van der Waals surface area contributed by atoms with Crippen molar-refractivity contribution < 1.29 is 4.79 Å². The maximum atomic E-state index is 12.0. The topological polar surface area (TPSA) is 68.0 Å². The molecule has 5 heteroatoms. The van der Waals surface area contributed by atoms with E-state index >= 15 is 0 Å². The standard InChI is InChI=1S/C14H16ClN3O/c1-2-4-11(16)14(19)18-12-8-10(15)7-9-5-3-6-17-13(9)12/h3,5-8,11H,2,4,16H2,1H3,(H,18,19). The number of nitrogens with one attached hydrogen (secondary N) is 1. The van der Waals surface area contributed by atoms with Crippen LogP contribution in [0.3, 0.4) is 0 Å². The summed E-state index contributed by atoms with van der Waals surface area (Å²) in [4.78, 5) is 16.2. The Labute approximate surface area is 117 Å². The van der Waals surface area contributed by atoms with Gasteiger partial charge in [0.05, 0.1) is 17.2 Å². The van der Waals surface area contributed by atoms with Crippen molar-refractivity contribution in [1.82, 2.24) is 4.98 Å². The first-order chi connectivity index (χ1) is 9.11. The molecule has 0 aliphatic heterocycles. The van der Waals surface area contributed by atoms with Crippen molar-refractivity contribution in [2.75, 3.05) is 5.32 Å². The molecule has 0 radical (unpaired) electrons. The number of halogens is 1.